The van der Waals surface area contributed by atoms with E-state index in [-0.39, 0.29) is 29.5 Å². The molecule has 6 heteroatoms. The molecular weight excluding hydrogens is 389 g/mol. The number of halogens is 1. The summed E-state index contributed by atoms with van der Waals surface area (Å²) in [4.78, 5) is 8.82. The second-order valence-electron chi connectivity index (χ2n) is 5.96. The number of aliphatic imine (C=N–C) groups is 1. The van der Waals surface area contributed by atoms with Crippen LogP contribution in [0.25, 0.3) is 10.9 Å². The predicted molar refractivity (Wildman–Crippen MR) is 105 cm³/mol. The van der Waals surface area contributed by atoms with Gasteiger partial charge in [0.05, 0.1) is 12.1 Å². The lowest BCUT2D eigenvalue weighted by Crippen LogP contribution is -2.45. The standard InChI is InChI=1S/C16H23N5.HI/c1-16(2,3)21-15(17)19-11-10-18-14-9-8-12-6-4-5-7-13(12)20-14;/h4-9H,10-11H2,1-3H3,(H,18,20)(H3,17,19,21);1H. The number of nitrogens with zero attached hydrogens (tertiary/aromatic N) is 2. The van der Waals surface area contributed by atoms with Crippen LogP contribution in [-0.2, 0) is 0 Å². The Labute approximate surface area is 148 Å². The van der Waals surface area contributed by atoms with Gasteiger partial charge in [-0.25, -0.2) is 4.98 Å². The van der Waals surface area contributed by atoms with Gasteiger partial charge >= 0.3 is 0 Å². The first-order chi connectivity index (χ1) is 9.94. The molecule has 22 heavy (non-hydrogen) atoms. The summed E-state index contributed by atoms with van der Waals surface area (Å²) >= 11 is 0. The Kier molecular flexibility index (Phi) is 6.86. The molecule has 0 saturated carbocycles. The van der Waals surface area contributed by atoms with E-state index >= 15 is 0 Å². The summed E-state index contributed by atoms with van der Waals surface area (Å²) < 4.78 is 0. The highest BCUT2D eigenvalue weighted by atomic mass is 127. The van der Waals surface area contributed by atoms with Gasteiger partial charge in [-0.15, -0.1) is 24.0 Å². The van der Waals surface area contributed by atoms with Crippen molar-refractivity contribution in [2.45, 2.75) is 26.3 Å². The molecule has 120 valence electrons. The maximum absolute atomic E-state index is 5.81. The molecule has 5 nitrogen and oxygen atoms in total. The quantitative estimate of drug-likeness (QED) is 0.312. The molecule has 0 bridgehead atoms. The average molecular weight is 413 g/mol. The Hall–Kier alpha value is -1.57. The van der Waals surface area contributed by atoms with Crippen LogP contribution in [0.2, 0.25) is 0 Å². The van der Waals surface area contributed by atoms with Gasteiger partial charge in [0, 0.05) is 17.5 Å². The summed E-state index contributed by atoms with van der Waals surface area (Å²) in [5.74, 6) is 1.32. The Balaban J connectivity index is 0.00000242. The van der Waals surface area contributed by atoms with Crippen molar-refractivity contribution in [1.82, 2.24) is 10.3 Å². The summed E-state index contributed by atoms with van der Waals surface area (Å²) in [7, 11) is 0. The van der Waals surface area contributed by atoms with E-state index in [0.29, 0.717) is 19.0 Å². The van der Waals surface area contributed by atoms with Crippen molar-refractivity contribution in [2.75, 3.05) is 18.4 Å². The van der Waals surface area contributed by atoms with Gasteiger partial charge in [-0.2, -0.15) is 0 Å². The summed E-state index contributed by atoms with van der Waals surface area (Å²) in [5.41, 5.74) is 6.73. The molecule has 0 fully saturated rings. The highest BCUT2D eigenvalue weighted by molar-refractivity contribution is 14.0. The highest BCUT2D eigenvalue weighted by Gasteiger charge is 2.09. The van der Waals surface area contributed by atoms with Crippen LogP contribution in [0.3, 0.4) is 0 Å². The van der Waals surface area contributed by atoms with Crippen LogP contribution in [0.5, 0.6) is 0 Å². The van der Waals surface area contributed by atoms with Crippen molar-refractivity contribution < 1.29 is 0 Å². The highest BCUT2D eigenvalue weighted by Crippen LogP contribution is 2.14. The van der Waals surface area contributed by atoms with Gasteiger partial charge in [-0.05, 0) is 39.0 Å². The van der Waals surface area contributed by atoms with E-state index in [0.717, 1.165) is 16.7 Å². The number of nitrogens with two attached hydrogens (primary N) is 1. The van der Waals surface area contributed by atoms with E-state index in [4.69, 9.17) is 5.73 Å². The Morgan fingerprint density at radius 1 is 1.18 bits per heavy atom. The van der Waals surface area contributed by atoms with Gasteiger partial charge in [0.2, 0.25) is 0 Å². The van der Waals surface area contributed by atoms with Gasteiger partial charge in [0.15, 0.2) is 5.96 Å². The van der Waals surface area contributed by atoms with Crippen LogP contribution < -0.4 is 16.4 Å². The molecule has 0 unspecified atom stereocenters. The molecule has 1 aromatic carbocycles. The molecule has 0 atom stereocenters. The number of aromatic nitrogens is 1. The number of hydrogen-bond acceptors (Lipinski definition) is 3. The smallest absolute Gasteiger partial charge is 0.189 e. The van der Waals surface area contributed by atoms with Crippen molar-refractivity contribution in [2.24, 2.45) is 10.7 Å². The molecular formula is C16H24IN5. The van der Waals surface area contributed by atoms with E-state index in [2.05, 4.69) is 32.7 Å². The molecule has 0 aliphatic heterocycles. The number of rotatable bonds is 4. The fourth-order valence-corrected chi connectivity index (χ4v) is 1.95. The number of guanidine groups is 1. The van der Waals surface area contributed by atoms with Crippen LogP contribution in [0, 0.1) is 0 Å². The van der Waals surface area contributed by atoms with Gasteiger partial charge in [-0.1, -0.05) is 18.2 Å². The molecule has 0 amide bonds. The summed E-state index contributed by atoms with van der Waals surface area (Å²) in [6, 6.07) is 12.1. The normalized spacial score (nSPS) is 11.9. The van der Waals surface area contributed by atoms with Crippen LogP contribution >= 0.6 is 24.0 Å². The predicted octanol–water partition coefficient (Wildman–Crippen LogP) is 2.97. The molecule has 4 N–H and O–H groups in total. The van der Waals surface area contributed by atoms with Gasteiger partial charge in [0.1, 0.15) is 5.82 Å². The molecule has 2 rings (SSSR count). The first-order valence-electron chi connectivity index (χ1n) is 7.12. The van der Waals surface area contributed by atoms with Crippen LogP contribution in [-0.4, -0.2) is 29.6 Å². The lowest BCUT2D eigenvalue weighted by molar-refractivity contribution is 0.508. The van der Waals surface area contributed by atoms with E-state index in [1.165, 1.54) is 0 Å². The fraction of sp³-hybridized carbons (Fsp3) is 0.375. The Morgan fingerprint density at radius 3 is 2.64 bits per heavy atom. The zero-order valence-corrected chi connectivity index (χ0v) is 15.6. The van der Waals surface area contributed by atoms with Crippen molar-refractivity contribution in [3.05, 3.63) is 36.4 Å². The topological polar surface area (TPSA) is 75.3 Å². The molecule has 0 aliphatic rings. The van der Waals surface area contributed by atoms with Crippen molar-refractivity contribution in [3.63, 3.8) is 0 Å². The number of pyridine rings is 1. The van der Waals surface area contributed by atoms with Gasteiger partial charge in [0.25, 0.3) is 0 Å². The van der Waals surface area contributed by atoms with Gasteiger partial charge in [-0.3, -0.25) is 4.99 Å². The summed E-state index contributed by atoms with van der Waals surface area (Å²) in [6.45, 7) is 7.44. The number of fused-ring (bicyclic) bond motifs is 1. The fourth-order valence-electron chi connectivity index (χ4n) is 1.95. The van der Waals surface area contributed by atoms with Gasteiger partial charge < -0.3 is 16.4 Å². The Morgan fingerprint density at radius 2 is 1.91 bits per heavy atom. The minimum absolute atomic E-state index is 0. The SMILES string of the molecule is CC(C)(C)NC(N)=NCCNc1ccc2ccccc2n1.I. The minimum atomic E-state index is -0.0685. The molecule has 0 aliphatic carbocycles. The van der Waals surface area contributed by atoms with Crippen LogP contribution in [0.4, 0.5) is 5.82 Å². The van der Waals surface area contributed by atoms with E-state index < -0.39 is 0 Å². The van der Waals surface area contributed by atoms with E-state index in [1.54, 1.807) is 0 Å². The third-order valence-electron chi connectivity index (χ3n) is 2.80. The number of hydrogen-bond donors (Lipinski definition) is 3. The third-order valence-corrected chi connectivity index (χ3v) is 2.80. The summed E-state index contributed by atoms with van der Waals surface area (Å²) in [5, 5.41) is 7.52. The number of nitrogens with one attached hydrogen (secondary N) is 2. The first-order valence-corrected chi connectivity index (χ1v) is 7.12. The molecule has 0 saturated heterocycles. The lowest BCUT2D eigenvalue weighted by atomic mass is 10.1. The zero-order chi connectivity index (χ0) is 15.3. The van der Waals surface area contributed by atoms with Crippen LogP contribution in [0.15, 0.2) is 41.4 Å². The van der Waals surface area contributed by atoms with E-state index in [1.807, 2.05) is 45.0 Å². The van der Waals surface area contributed by atoms with Crippen LogP contribution in [0.1, 0.15) is 20.8 Å². The van der Waals surface area contributed by atoms with Crippen molar-refractivity contribution >= 4 is 46.7 Å². The number of benzene rings is 1. The maximum Gasteiger partial charge on any atom is 0.189 e. The largest absolute Gasteiger partial charge is 0.370 e. The molecule has 1 heterocycles. The number of anilines is 1. The molecule has 1 aromatic heterocycles. The molecule has 0 spiro atoms. The first kappa shape index (κ1) is 18.5. The second-order valence-corrected chi connectivity index (χ2v) is 5.96. The maximum atomic E-state index is 5.81. The molecule has 0 radical (unpaired) electrons. The minimum Gasteiger partial charge on any atom is -0.370 e. The third kappa shape index (κ3) is 6.05. The molecule has 2 aromatic rings. The lowest BCUT2D eigenvalue weighted by Gasteiger charge is -2.21. The monoisotopic (exact) mass is 413 g/mol. The Bertz CT molecular complexity index is 634. The average Bonchev–Trinajstić information content (AvgIpc) is 2.41. The summed E-state index contributed by atoms with van der Waals surface area (Å²) in [6.07, 6.45) is 0. The zero-order valence-electron chi connectivity index (χ0n) is 13.3. The second kappa shape index (κ2) is 8.17. The van der Waals surface area contributed by atoms with Crippen molar-refractivity contribution in [1.29, 1.82) is 0 Å². The van der Waals surface area contributed by atoms with E-state index in [9.17, 15) is 0 Å². The number of para-hydroxylation sites is 1. The van der Waals surface area contributed by atoms with Crippen molar-refractivity contribution in [3.8, 4) is 0 Å².